The van der Waals surface area contributed by atoms with Gasteiger partial charge >= 0.3 is 0 Å². The lowest BCUT2D eigenvalue weighted by Gasteiger charge is -2.00. The lowest BCUT2D eigenvalue weighted by atomic mass is 10.2. The van der Waals surface area contributed by atoms with E-state index in [9.17, 15) is 4.39 Å². The first-order valence-electron chi connectivity index (χ1n) is 5.52. The zero-order valence-electron chi connectivity index (χ0n) is 9.66. The number of hydrogen-bond donors (Lipinski definition) is 1. The van der Waals surface area contributed by atoms with Crippen LogP contribution in [-0.2, 0) is 11.3 Å². The van der Waals surface area contributed by atoms with Crippen molar-refractivity contribution in [2.75, 3.05) is 19.8 Å². The first-order chi connectivity index (χ1) is 8.81. The molecule has 0 saturated heterocycles. The SMILES string of the molecule is OCCOCCn1nnc(-c2ccccc2F)n1. The Balaban J connectivity index is 2.00. The molecule has 0 fully saturated rings. The van der Waals surface area contributed by atoms with Crippen molar-refractivity contribution in [1.82, 2.24) is 20.2 Å². The van der Waals surface area contributed by atoms with E-state index < -0.39 is 0 Å². The maximum atomic E-state index is 13.5. The normalized spacial score (nSPS) is 10.8. The highest BCUT2D eigenvalue weighted by atomic mass is 19.1. The van der Waals surface area contributed by atoms with E-state index in [1.54, 1.807) is 18.2 Å². The second-order valence-corrected chi connectivity index (χ2v) is 3.52. The van der Waals surface area contributed by atoms with Crippen molar-refractivity contribution in [3.05, 3.63) is 30.1 Å². The third kappa shape index (κ3) is 3.08. The molecule has 96 valence electrons. The summed E-state index contributed by atoms with van der Waals surface area (Å²) in [5.74, 6) is -0.135. The number of tetrazole rings is 1. The lowest BCUT2D eigenvalue weighted by molar-refractivity contribution is 0.0831. The van der Waals surface area contributed by atoms with Crippen LogP contribution in [0.1, 0.15) is 0 Å². The molecule has 0 saturated carbocycles. The molecule has 0 aliphatic rings. The molecule has 0 spiro atoms. The first-order valence-corrected chi connectivity index (χ1v) is 5.52. The van der Waals surface area contributed by atoms with Crippen LogP contribution in [0.3, 0.4) is 0 Å². The molecule has 0 radical (unpaired) electrons. The van der Waals surface area contributed by atoms with Gasteiger partial charge in [-0.25, -0.2) is 4.39 Å². The molecular formula is C11H13FN4O2. The molecule has 0 unspecified atom stereocenters. The molecule has 0 aliphatic heterocycles. The van der Waals surface area contributed by atoms with Crippen molar-refractivity contribution < 1.29 is 14.2 Å². The molecule has 0 atom stereocenters. The summed E-state index contributed by atoms with van der Waals surface area (Å²) >= 11 is 0. The minimum atomic E-state index is -0.381. The summed E-state index contributed by atoms with van der Waals surface area (Å²) in [6, 6.07) is 6.26. The molecule has 6 nitrogen and oxygen atoms in total. The summed E-state index contributed by atoms with van der Waals surface area (Å²) in [5.41, 5.74) is 0.319. The van der Waals surface area contributed by atoms with Gasteiger partial charge in [0.05, 0.1) is 31.9 Å². The zero-order valence-corrected chi connectivity index (χ0v) is 9.66. The number of halogens is 1. The molecule has 0 bridgehead atoms. The number of aromatic nitrogens is 4. The van der Waals surface area contributed by atoms with Gasteiger partial charge in [0.2, 0.25) is 5.82 Å². The summed E-state index contributed by atoms with van der Waals surface area (Å²) in [6.07, 6.45) is 0. The Hall–Kier alpha value is -1.86. The van der Waals surface area contributed by atoms with Gasteiger partial charge in [-0.3, -0.25) is 0 Å². The number of rotatable bonds is 6. The van der Waals surface area contributed by atoms with Gasteiger partial charge in [0.15, 0.2) is 0 Å². The highest BCUT2D eigenvalue weighted by Gasteiger charge is 2.09. The van der Waals surface area contributed by atoms with E-state index in [0.717, 1.165) is 0 Å². The standard InChI is InChI=1S/C11H13FN4O2/c12-10-4-2-1-3-9(10)11-13-15-16(14-11)5-7-18-8-6-17/h1-4,17H,5-8H2. The van der Waals surface area contributed by atoms with Gasteiger partial charge in [-0.1, -0.05) is 12.1 Å². The predicted molar refractivity (Wildman–Crippen MR) is 61.1 cm³/mol. The van der Waals surface area contributed by atoms with E-state index in [4.69, 9.17) is 9.84 Å². The van der Waals surface area contributed by atoms with E-state index in [1.165, 1.54) is 10.9 Å². The first kappa shape index (κ1) is 12.6. The monoisotopic (exact) mass is 252 g/mol. The fourth-order valence-corrected chi connectivity index (χ4v) is 1.40. The van der Waals surface area contributed by atoms with E-state index in [1.807, 2.05) is 0 Å². The van der Waals surface area contributed by atoms with Crippen LogP contribution in [0.15, 0.2) is 24.3 Å². The van der Waals surface area contributed by atoms with E-state index in [2.05, 4.69) is 15.4 Å². The van der Waals surface area contributed by atoms with Crippen LogP contribution >= 0.6 is 0 Å². The Morgan fingerprint density at radius 1 is 1.28 bits per heavy atom. The van der Waals surface area contributed by atoms with Crippen molar-refractivity contribution in [3.8, 4) is 11.4 Å². The summed E-state index contributed by atoms with van der Waals surface area (Å²) in [6.45, 7) is 1.02. The summed E-state index contributed by atoms with van der Waals surface area (Å²) < 4.78 is 18.5. The van der Waals surface area contributed by atoms with Crippen molar-refractivity contribution in [2.24, 2.45) is 0 Å². The Labute approximate surface area is 103 Å². The number of nitrogens with zero attached hydrogens (tertiary/aromatic N) is 4. The van der Waals surface area contributed by atoms with E-state index in [0.29, 0.717) is 18.7 Å². The largest absolute Gasteiger partial charge is 0.394 e. The Morgan fingerprint density at radius 2 is 2.11 bits per heavy atom. The molecule has 0 aliphatic carbocycles. The maximum Gasteiger partial charge on any atom is 0.207 e. The number of aliphatic hydroxyl groups excluding tert-OH is 1. The van der Waals surface area contributed by atoms with Crippen molar-refractivity contribution in [3.63, 3.8) is 0 Å². The van der Waals surface area contributed by atoms with Gasteiger partial charge in [-0.15, -0.1) is 10.2 Å². The van der Waals surface area contributed by atoms with Gasteiger partial charge in [-0.05, 0) is 17.3 Å². The van der Waals surface area contributed by atoms with Crippen molar-refractivity contribution in [2.45, 2.75) is 6.54 Å². The van der Waals surface area contributed by atoms with Gasteiger partial charge in [0.25, 0.3) is 0 Å². The minimum absolute atomic E-state index is 0.0226. The molecule has 1 heterocycles. The molecule has 0 amide bonds. The highest BCUT2D eigenvalue weighted by molar-refractivity contribution is 5.54. The topological polar surface area (TPSA) is 73.1 Å². The van der Waals surface area contributed by atoms with Crippen LogP contribution in [0.25, 0.3) is 11.4 Å². The molecule has 7 heteroatoms. The third-order valence-electron chi connectivity index (χ3n) is 2.24. The Bertz CT molecular complexity index is 503. The van der Waals surface area contributed by atoms with Crippen LogP contribution in [-0.4, -0.2) is 45.1 Å². The fourth-order valence-electron chi connectivity index (χ4n) is 1.40. The average molecular weight is 252 g/mol. The van der Waals surface area contributed by atoms with E-state index in [-0.39, 0.29) is 24.9 Å². The molecule has 2 aromatic rings. The molecule has 1 N–H and O–H groups in total. The van der Waals surface area contributed by atoms with Crippen molar-refractivity contribution >= 4 is 0 Å². The second kappa shape index (κ2) is 6.18. The molecule has 1 aromatic carbocycles. The number of aliphatic hydroxyl groups is 1. The van der Waals surface area contributed by atoms with Gasteiger partial charge in [0.1, 0.15) is 5.82 Å². The highest BCUT2D eigenvalue weighted by Crippen LogP contribution is 2.16. The maximum absolute atomic E-state index is 13.5. The van der Waals surface area contributed by atoms with Crippen LogP contribution in [0.2, 0.25) is 0 Å². The predicted octanol–water partition coefficient (Wildman–Crippen LogP) is 0.488. The van der Waals surface area contributed by atoms with Crippen LogP contribution in [0, 0.1) is 5.82 Å². The quantitative estimate of drug-likeness (QED) is 0.757. The molecule has 2 rings (SSSR count). The number of ether oxygens (including phenoxy) is 1. The van der Waals surface area contributed by atoms with Crippen LogP contribution in [0.4, 0.5) is 4.39 Å². The van der Waals surface area contributed by atoms with E-state index >= 15 is 0 Å². The fraction of sp³-hybridized carbons (Fsp3) is 0.364. The lowest BCUT2D eigenvalue weighted by Crippen LogP contribution is -2.10. The second-order valence-electron chi connectivity index (χ2n) is 3.52. The molecular weight excluding hydrogens is 239 g/mol. The number of benzene rings is 1. The molecule has 18 heavy (non-hydrogen) atoms. The van der Waals surface area contributed by atoms with Crippen LogP contribution in [0.5, 0.6) is 0 Å². The zero-order chi connectivity index (χ0) is 12.8. The smallest absolute Gasteiger partial charge is 0.207 e. The Morgan fingerprint density at radius 3 is 2.89 bits per heavy atom. The summed E-state index contributed by atoms with van der Waals surface area (Å²) in [4.78, 5) is 1.33. The van der Waals surface area contributed by atoms with Gasteiger partial charge < -0.3 is 9.84 Å². The van der Waals surface area contributed by atoms with Crippen molar-refractivity contribution in [1.29, 1.82) is 0 Å². The Kier molecular flexibility index (Phi) is 4.32. The minimum Gasteiger partial charge on any atom is -0.394 e. The number of hydrogen-bond acceptors (Lipinski definition) is 5. The summed E-state index contributed by atoms with van der Waals surface area (Å²) in [7, 11) is 0. The van der Waals surface area contributed by atoms with Gasteiger partial charge in [-0.2, -0.15) is 4.80 Å². The van der Waals surface area contributed by atoms with Crippen LogP contribution < -0.4 is 0 Å². The molecule has 1 aromatic heterocycles. The summed E-state index contributed by atoms with van der Waals surface area (Å²) in [5, 5.41) is 20.2. The van der Waals surface area contributed by atoms with Gasteiger partial charge in [0, 0.05) is 0 Å². The third-order valence-corrected chi connectivity index (χ3v) is 2.24. The average Bonchev–Trinajstić information content (AvgIpc) is 2.84.